The minimum Gasteiger partial charge on any atom is -0.322 e. The highest BCUT2D eigenvalue weighted by atomic mass is 32.2. The van der Waals surface area contributed by atoms with Gasteiger partial charge in [0.1, 0.15) is 6.04 Å². The zero-order valence-electron chi connectivity index (χ0n) is 16.5. The zero-order chi connectivity index (χ0) is 20.5. The molecule has 0 spiro atoms. The number of hydrogen-bond donors (Lipinski definition) is 1. The molecule has 29 heavy (non-hydrogen) atoms. The Balaban J connectivity index is 1.68. The number of benzene rings is 2. The summed E-state index contributed by atoms with van der Waals surface area (Å²) in [6, 6.07) is 12.4. The van der Waals surface area contributed by atoms with Crippen molar-refractivity contribution >= 4 is 46.5 Å². The summed E-state index contributed by atoms with van der Waals surface area (Å²) in [6.07, 6.45) is 3.70. The number of thioether (sulfide) groups is 1. The van der Waals surface area contributed by atoms with Crippen LogP contribution in [0.3, 0.4) is 0 Å². The molecule has 1 fully saturated rings. The summed E-state index contributed by atoms with van der Waals surface area (Å²) >= 11 is 1.61. The van der Waals surface area contributed by atoms with Crippen LogP contribution in [0.4, 0.5) is 17.1 Å². The summed E-state index contributed by atoms with van der Waals surface area (Å²) in [7, 11) is 0. The zero-order valence-corrected chi connectivity index (χ0v) is 17.3. The second-order valence-corrected chi connectivity index (χ2v) is 8.08. The number of carbonyl (C=O) groups excluding carboxylic acids is 3. The third-order valence-corrected chi connectivity index (χ3v) is 6.05. The van der Waals surface area contributed by atoms with Crippen LogP contribution in [-0.2, 0) is 9.59 Å². The first kappa shape index (κ1) is 19.5. The van der Waals surface area contributed by atoms with Crippen LogP contribution in [0.2, 0.25) is 0 Å². The maximum atomic E-state index is 13.0. The fraction of sp³-hybridized carbons (Fsp3) is 0.318. The summed E-state index contributed by atoms with van der Waals surface area (Å²) < 4.78 is 0. The lowest BCUT2D eigenvalue weighted by molar-refractivity contribution is -0.122. The van der Waals surface area contributed by atoms with Gasteiger partial charge in [-0.2, -0.15) is 0 Å². The van der Waals surface area contributed by atoms with E-state index in [9.17, 15) is 14.4 Å². The number of anilines is 3. The molecule has 4 rings (SSSR count). The van der Waals surface area contributed by atoms with Gasteiger partial charge in [0.05, 0.1) is 11.4 Å². The predicted octanol–water partition coefficient (Wildman–Crippen LogP) is 3.91. The fourth-order valence-corrected chi connectivity index (χ4v) is 4.42. The van der Waals surface area contributed by atoms with Crippen molar-refractivity contribution in [3.05, 3.63) is 48.0 Å². The van der Waals surface area contributed by atoms with Crippen LogP contribution < -0.4 is 15.1 Å². The number of hydrogen-bond acceptors (Lipinski definition) is 4. The van der Waals surface area contributed by atoms with Gasteiger partial charge in [0.2, 0.25) is 11.8 Å². The molecule has 6 nitrogen and oxygen atoms in total. The lowest BCUT2D eigenvalue weighted by Gasteiger charge is -2.38. The van der Waals surface area contributed by atoms with Crippen molar-refractivity contribution in [2.45, 2.75) is 37.1 Å². The van der Waals surface area contributed by atoms with E-state index in [1.165, 1.54) is 0 Å². The molecule has 2 aromatic rings. The van der Waals surface area contributed by atoms with Crippen LogP contribution in [0.5, 0.6) is 0 Å². The average molecular weight is 410 g/mol. The molecule has 0 bridgehead atoms. The first-order valence-corrected chi connectivity index (χ1v) is 11.0. The molecular formula is C22H23N3O3S. The summed E-state index contributed by atoms with van der Waals surface area (Å²) in [5, 5.41) is 2.92. The Morgan fingerprint density at radius 2 is 2.00 bits per heavy atom. The molecular weight excluding hydrogens is 386 g/mol. The third kappa shape index (κ3) is 3.51. The van der Waals surface area contributed by atoms with Gasteiger partial charge in [-0.15, -0.1) is 11.8 Å². The van der Waals surface area contributed by atoms with Gasteiger partial charge in [-0.1, -0.05) is 13.0 Å². The average Bonchev–Trinajstić information content (AvgIpc) is 3.12. The van der Waals surface area contributed by atoms with Crippen molar-refractivity contribution < 1.29 is 14.4 Å². The Hall–Kier alpha value is -2.80. The van der Waals surface area contributed by atoms with Crippen LogP contribution >= 0.6 is 11.8 Å². The molecule has 2 aliphatic rings. The predicted molar refractivity (Wildman–Crippen MR) is 116 cm³/mol. The third-order valence-electron chi connectivity index (χ3n) is 5.33. The standard InChI is InChI=1S/C22H23N3O3S/c1-3-11-24-19-12-14(21(27)23-15-5-4-6-16(13-15)29-2)7-8-17(19)25-18(22(24)28)9-10-20(25)26/h4-8,12-13,18H,3,9-11H2,1-2H3,(H,23,27). The van der Waals surface area contributed by atoms with E-state index in [1.807, 2.05) is 37.4 Å². The van der Waals surface area contributed by atoms with Crippen molar-refractivity contribution in [3.8, 4) is 0 Å². The molecule has 2 aliphatic heterocycles. The molecule has 0 aliphatic carbocycles. The molecule has 2 heterocycles. The van der Waals surface area contributed by atoms with Gasteiger partial charge in [-0.05, 0) is 55.5 Å². The molecule has 1 N–H and O–H groups in total. The minimum absolute atomic E-state index is 0.0353. The molecule has 0 saturated carbocycles. The molecule has 3 amide bonds. The second kappa shape index (κ2) is 7.91. The van der Waals surface area contributed by atoms with Crippen molar-refractivity contribution in [2.75, 3.05) is 27.9 Å². The first-order chi connectivity index (χ1) is 14.0. The highest BCUT2D eigenvalue weighted by Gasteiger charge is 2.44. The molecule has 1 unspecified atom stereocenters. The lowest BCUT2D eigenvalue weighted by atomic mass is 10.0. The topological polar surface area (TPSA) is 69.7 Å². The van der Waals surface area contributed by atoms with Crippen LogP contribution in [0, 0.1) is 0 Å². The van der Waals surface area contributed by atoms with Gasteiger partial charge in [-0.25, -0.2) is 0 Å². The summed E-state index contributed by atoms with van der Waals surface area (Å²) in [5.41, 5.74) is 2.52. The first-order valence-electron chi connectivity index (χ1n) is 9.76. The minimum atomic E-state index is -0.421. The van der Waals surface area contributed by atoms with E-state index in [-0.39, 0.29) is 17.7 Å². The quantitative estimate of drug-likeness (QED) is 0.760. The van der Waals surface area contributed by atoms with Crippen molar-refractivity contribution in [1.82, 2.24) is 0 Å². The molecule has 0 radical (unpaired) electrons. The van der Waals surface area contributed by atoms with E-state index in [0.717, 1.165) is 17.0 Å². The molecule has 7 heteroatoms. The van der Waals surface area contributed by atoms with Crippen molar-refractivity contribution in [3.63, 3.8) is 0 Å². The highest BCUT2D eigenvalue weighted by molar-refractivity contribution is 7.98. The number of nitrogens with one attached hydrogen (secondary N) is 1. The van der Waals surface area contributed by atoms with E-state index < -0.39 is 6.04 Å². The fourth-order valence-electron chi connectivity index (χ4n) is 3.96. The lowest BCUT2D eigenvalue weighted by Crippen LogP contribution is -2.52. The van der Waals surface area contributed by atoms with E-state index in [1.54, 1.807) is 39.8 Å². The molecule has 1 saturated heterocycles. The van der Waals surface area contributed by atoms with Crippen LogP contribution in [-0.4, -0.2) is 36.6 Å². The van der Waals surface area contributed by atoms with Gasteiger partial charge in [0, 0.05) is 29.1 Å². The Kier molecular flexibility index (Phi) is 5.32. The van der Waals surface area contributed by atoms with Gasteiger partial charge in [0.15, 0.2) is 0 Å². The van der Waals surface area contributed by atoms with E-state index in [0.29, 0.717) is 36.3 Å². The number of fused-ring (bicyclic) bond motifs is 3. The maximum absolute atomic E-state index is 13.0. The van der Waals surface area contributed by atoms with E-state index in [2.05, 4.69) is 5.32 Å². The van der Waals surface area contributed by atoms with Crippen LogP contribution in [0.25, 0.3) is 0 Å². The highest BCUT2D eigenvalue weighted by Crippen LogP contribution is 2.41. The van der Waals surface area contributed by atoms with Gasteiger partial charge < -0.3 is 10.2 Å². The van der Waals surface area contributed by atoms with Gasteiger partial charge in [-0.3, -0.25) is 19.3 Å². The second-order valence-electron chi connectivity index (χ2n) is 7.20. The van der Waals surface area contributed by atoms with Gasteiger partial charge >= 0.3 is 0 Å². The smallest absolute Gasteiger partial charge is 0.255 e. The molecule has 0 aromatic heterocycles. The van der Waals surface area contributed by atoms with Gasteiger partial charge in [0.25, 0.3) is 5.91 Å². The molecule has 1 atom stereocenters. The number of amides is 3. The molecule has 150 valence electrons. The van der Waals surface area contributed by atoms with Crippen LogP contribution in [0.1, 0.15) is 36.5 Å². The Labute approximate surface area is 174 Å². The van der Waals surface area contributed by atoms with E-state index >= 15 is 0 Å². The maximum Gasteiger partial charge on any atom is 0.255 e. The number of carbonyl (C=O) groups is 3. The number of nitrogens with zero attached hydrogens (tertiary/aromatic N) is 2. The molecule has 2 aromatic carbocycles. The summed E-state index contributed by atoms with van der Waals surface area (Å²) in [5.74, 6) is -0.341. The Bertz CT molecular complexity index is 991. The Morgan fingerprint density at radius 1 is 1.17 bits per heavy atom. The van der Waals surface area contributed by atoms with Crippen molar-refractivity contribution in [2.24, 2.45) is 0 Å². The normalized spacial score (nSPS) is 17.9. The number of rotatable bonds is 5. The van der Waals surface area contributed by atoms with E-state index in [4.69, 9.17) is 0 Å². The Morgan fingerprint density at radius 3 is 2.76 bits per heavy atom. The summed E-state index contributed by atoms with van der Waals surface area (Å²) in [6.45, 7) is 2.57. The van der Waals surface area contributed by atoms with Crippen LogP contribution in [0.15, 0.2) is 47.4 Å². The SMILES string of the molecule is CCCN1C(=O)C2CCC(=O)N2c2ccc(C(=O)Nc3cccc(SC)c3)cc21. The summed E-state index contributed by atoms with van der Waals surface area (Å²) in [4.78, 5) is 42.6. The monoisotopic (exact) mass is 409 g/mol. The van der Waals surface area contributed by atoms with Crippen molar-refractivity contribution in [1.29, 1.82) is 0 Å². The largest absolute Gasteiger partial charge is 0.322 e.